The number of aromatic nitrogens is 2. The van der Waals surface area contributed by atoms with E-state index in [1.165, 1.54) is 30.6 Å². The molecule has 0 spiro atoms. The Kier molecular flexibility index (Phi) is 3.84. The minimum absolute atomic E-state index is 0.539. The molecule has 0 radical (unpaired) electrons. The van der Waals surface area contributed by atoms with Gasteiger partial charge in [0, 0.05) is 43.3 Å². The van der Waals surface area contributed by atoms with Gasteiger partial charge in [-0.1, -0.05) is 12.1 Å². The first-order chi connectivity index (χ1) is 9.43. The molecule has 0 aliphatic carbocycles. The zero-order valence-electron chi connectivity index (χ0n) is 11.1. The highest BCUT2D eigenvalue weighted by Gasteiger charge is 2.25. The fraction of sp³-hybridized carbons (Fsp3) is 0.375. The van der Waals surface area contributed by atoms with Crippen molar-refractivity contribution >= 4 is 0 Å². The van der Waals surface area contributed by atoms with Crippen LogP contribution in [0.3, 0.4) is 0 Å². The number of rotatable bonds is 4. The summed E-state index contributed by atoms with van der Waals surface area (Å²) in [6.07, 6.45) is 9.27. The summed E-state index contributed by atoms with van der Waals surface area (Å²) in [5.41, 5.74) is 2.53. The van der Waals surface area contributed by atoms with Gasteiger partial charge in [-0.3, -0.25) is 14.9 Å². The van der Waals surface area contributed by atoms with Gasteiger partial charge in [-0.25, -0.2) is 0 Å². The van der Waals surface area contributed by atoms with Crippen molar-refractivity contribution in [3.8, 4) is 0 Å². The van der Waals surface area contributed by atoms with E-state index in [-0.39, 0.29) is 0 Å². The zero-order valence-corrected chi connectivity index (χ0v) is 11.1. The van der Waals surface area contributed by atoms with Crippen LogP contribution in [0.4, 0.5) is 0 Å². The van der Waals surface area contributed by atoms with Crippen molar-refractivity contribution in [2.75, 3.05) is 13.1 Å². The smallest absolute Gasteiger partial charge is 0.0416 e. The molecule has 0 aromatic carbocycles. The Labute approximate surface area is 114 Å². The maximum absolute atomic E-state index is 4.40. The fourth-order valence-corrected chi connectivity index (χ4v) is 2.85. The van der Waals surface area contributed by atoms with E-state index in [1.807, 2.05) is 30.7 Å². The minimum atomic E-state index is 0.539. The lowest BCUT2D eigenvalue weighted by Crippen LogP contribution is -2.26. The number of hydrogen-bond acceptors (Lipinski definition) is 3. The predicted octanol–water partition coefficient (Wildman–Crippen LogP) is 2.86. The van der Waals surface area contributed by atoms with Gasteiger partial charge in [0.2, 0.25) is 0 Å². The van der Waals surface area contributed by atoms with Crippen LogP contribution in [0, 0.1) is 0 Å². The Morgan fingerprint density at radius 3 is 2.95 bits per heavy atom. The average molecular weight is 253 g/mol. The third kappa shape index (κ3) is 2.99. The molecule has 19 heavy (non-hydrogen) atoms. The van der Waals surface area contributed by atoms with Crippen LogP contribution in [0.25, 0.3) is 0 Å². The van der Waals surface area contributed by atoms with Crippen molar-refractivity contribution in [1.29, 1.82) is 0 Å². The Morgan fingerprint density at radius 2 is 2.16 bits per heavy atom. The Bertz CT molecular complexity index is 498. The van der Waals surface area contributed by atoms with Gasteiger partial charge in [0.05, 0.1) is 0 Å². The molecule has 0 N–H and O–H groups in total. The SMILES string of the molecule is c1ccc(CCN2CCCC2c2cccnc2)nc1. The molecule has 3 heteroatoms. The number of hydrogen-bond donors (Lipinski definition) is 0. The molecule has 3 heterocycles. The molecule has 1 unspecified atom stereocenters. The number of pyridine rings is 2. The maximum Gasteiger partial charge on any atom is 0.0416 e. The first-order valence-electron chi connectivity index (χ1n) is 6.97. The van der Waals surface area contributed by atoms with Crippen LogP contribution in [0.1, 0.15) is 30.1 Å². The van der Waals surface area contributed by atoms with Crippen molar-refractivity contribution in [2.24, 2.45) is 0 Å². The van der Waals surface area contributed by atoms with Gasteiger partial charge in [-0.2, -0.15) is 0 Å². The molecule has 3 rings (SSSR count). The summed E-state index contributed by atoms with van der Waals surface area (Å²) < 4.78 is 0. The molecule has 3 nitrogen and oxygen atoms in total. The first kappa shape index (κ1) is 12.3. The van der Waals surface area contributed by atoms with Crippen molar-refractivity contribution in [1.82, 2.24) is 14.9 Å². The van der Waals surface area contributed by atoms with E-state index in [2.05, 4.69) is 33.1 Å². The number of likely N-dealkylation sites (tertiary alicyclic amines) is 1. The van der Waals surface area contributed by atoms with Crippen LogP contribution in [-0.2, 0) is 6.42 Å². The predicted molar refractivity (Wildman–Crippen MR) is 75.7 cm³/mol. The Morgan fingerprint density at radius 1 is 1.16 bits per heavy atom. The average Bonchev–Trinajstić information content (AvgIpc) is 2.95. The largest absolute Gasteiger partial charge is 0.296 e. The molecular weight excluding hydrogens is 234 g/mol. The van der Waals surface area contributed by atoms with Crippen LogP contribution in [-0.4, -0.2) is 28.0 Å². The molecule has 1 fully saturated rings. The van der Waals surface area contributed by atoms with E-state index < -0.39 is 0 Å². The van der Waals surface area contributed by atoms with E-state index >= 15 is 0 Å². The quantitative estimate of drug-likeness (QED) is 0.839. The maximum atomic E-state index is 4.40. The van der Waals surface area contributed by atoms with Gasteiger partial charge in [0.15, 0.2) is 0 Å². The highest BCUT2D eigenvalue weighted by atomic mass is 15.2. The van der Waals surface area contributed by atoms with Crippen molar-refractivity contribution in [3.63, 3.8) is 0 Å². The van der Waals surface area contributed by atoms with Gasteiger partial charge < -0.3 is 0 Å². The second kappa shape index (κ2) is 5.93. The third-order valence-corrected chi connectivity index (χ3v) is 3.81. The zero-order chi connectivity index (χ0) is 12.9. The lowest BCUT2D eigenvalue weighted by molar-refractivity contribution is 0.259. The van der Waals surface area contributed by atoms with Crippen LogP contribution in [0.2, 0.25) is 0 Å². The van der Waals surface area contributed by atoms with Crippen molar-refractivity contribution in [2.45, 2.75) is 25.3 Å². The first-order valence-corrected chi connectivity index (χ1v) is 6.97. The molecule has 2 aromatic rings. The van der Waals surface area contributed by atoms with Gasteiger partial charge >= 0.3 is 0 Å². The van der Waals surface area contributed by atoms with Crippen LogP contribution < -0.4 is 0 Å². The van der Waals surface area contributed by atoms with E-state index in [4.69, 9.17) is 0 Å². The van der Waals surface area contributed by atoms with Crippen LogP contribution in [0.5, 0.6) is 0 Å². The van der Waals surface area contributed by atoms with E-state index in [0.717, 1.165) is 13.0 Å². The summed E-state index contributed by atoms with van der Waals surface area (Å²) in [4.78, 5) is 11.2. The van der Waals surface area contributed by atoms with Gasteiger partial charge in [-0.15, -0.1) is 0 Å². The molecule has 98 valence electrons. The lowest BCUT2D eigenvalue weighted by Gasteiger charge is -2.24. The van der Waals surface area contributed by atoms with E-state index in [0.29, 0.717) is 6.04 Å². The Balaban J connectivity index is 1.64. The summed E-state index contributed by atoms with van der Waals surface area (Å²) in [5, 5.41) is 0. The minimum Gasteiger partial charge on any atom is -0.296 e. The highest BCUT2D eigenvalue weighted by Crippen LogP contribution is 2.31. The summed E-state index contributed by atoms with van der Waals surface area (Å²) in [5.74, 6) is 0. The van der Waals surface area contributed by atoms with Gasteiger partial charge in [-0.05, 0) is 43.1 Å². The second-order valence-corrected chi connectivity index (χ2v) is 5.05. The third-order valence-electron chi connectivity index (χ3n) is 3.81. The molecule has 0 bridgehead atoms. The lowest BCUT2D eigenvalue weighted by atomic mass is 10.1. The molecular formula is C16H19N3. The molecule has 0 saturated carbocycles. The summed E-state index contributed by atoms with van der Waals surface area (Å²) in [6, 6.07) is 10.9. The monoisotopic (exact) mass is 253 g/mol. The standard InChI is InChI=1S/C16H19N3/c1-2-10-18-15(6-1)8-12-19-11-4-7-16(19)14-5-3-9-17-13-14/h1-3,5-6,9-10,13,16H,4,7-8,11-12H2. The van der Waals surface area contributed by atoms with Gasteiger partial charge in [0.25, 0.3) is 0 Å². The van der Waals surface area contributed by atoms with Crippen LogP contribution >= 0.6 is 0 Å². The van der Waals surface area contributed by atoms with Gasteiger partial charge in [0.1, 0.15) is 0 Å². The number of nitrogens with zero attached hydrogens (tertiary/aromatic N) is 3. The van der Waals surface area contributed by atoms with E-state index in [1.54, 1.807) is 0 Å². The van der Waals surface area contributed by atoms with E-state index in [9.17, 15) is 0 Å². The summed E-state index contributed by atoms with van der Waals surface area (Å²) in [6.45, 7) is 2.27. The molecule has 1 atom stereocenters. The Hall–Kier alpha value is -1.74. The molecule has 1 aliphatic heterocycles. The van der Waals surface area contributed by atoms with Crippen molar-refractivity contribution in [3.05, 3.63) is 60.2 Å². The molecule has 1 saturated heterocycles. The fourth-order valence-electron chi connectivity index (χ4n) is 2.85. The topological polar surface area (TPSA) is 29.0 Å². The molecule has 2 aromatic heterocycles. The second-order valence-electron chi connectivity index (χ2n) is 5.05. The normalized spacial score (nSPS) is 19.7. The van der Waals surface area contributed by atoms with Crippen LogP contribution in [0.15, 0.2) is 48.9 Å². The molecule has 1 aliphatic rings. The highest BCUT2D eigenvalue weighted by molar-refractivity contribution is 5.15. The summed E-state index contributed by atoms with van der Waals surface area (Å²) in [7, 11) is 0. The summed E-state index contributed by atoms with van der Waals surface area (Å²) >= 11 is 0. The van der Waals surface area contributed by atoms with Crippen molar-refractivity contribution < 1.29 is 0 Å². The molecule has 0 amide bonds.